The first-order chi connectivity index (χ1) is 16.0. The summed E-state index contributed by atoms with van der Waals surface area (Å²) in [6.45, 7) is 7.88. The Morgan fingerprint density at radius 2 is 1.97 bits per heavy atom. The van der Waals surface area contributed by atoms with Gasteiger partial charge in [0.15, 0.2) is 0 Å². The lowest BCUT2D eigenvalue weighted by Crippen LogP contribution is -2.43. The van der Waals surface area contributed by atoms with Crippen LogP contribution < -0.4 is 20.9 Å². The van der Waals surface area contributed by atoms with Crippen LogP contribution in [0.5, 0.6) is 0 Å². The maximum absolute atomic E-state index is 13.4. The molecule has 3 aliphatic rings. The van der Waals surface area contributed by atoms with Gasteiger partial charge < -0.3 is 26.0 Å². The molecule has 0 radical (unpaired) electrons. The molecule has 1 amide bonds. The SMILES string of the molecule is CC1=CC(C)=C(CNC(=O)c2cc(N3CCNCC3)cc3c2cnn3C2CCCC2)C(O)N1. The molecule has 2 aliphatic heterocycles. The van der Waals surface area contributed by atoms with Gasteiger partial charge in [0.2, 0.25) is 0 Å². The summed E-state index contributed by atoms with van der Waals surface area (Å²) >= 11 is 0. The highest BCUT2D eigenvalue weighted by Crippen LogP contribution is 2.34. The second kappa shape index (κ2) is 9.19. The van der Waals surface area contributed by atoms with Gasteiger partial charge in [-0.3, -0.25) is 9.48 Å². The minimum atomic E-state index is -0.785. The third-order valence-electron chi connectivity index (χ3n) is 7.17. The first kappa shape index (κ1) is 22.0. The molecule has 4 N–H and O–H groups in total. The number of amides is 1. The zero-order valence-electron chi connectivity index (χ0n) is 19.5. The van der Waals surface area contributed by atoms with Crippen LogP contribution in [-0.4, -0.2) is 59.7 Å². The highest BCUT2D eigenvalue weighted by molar-refractivity contribution is 6.07. The van der Waals surface area contributed by atoms with E-state index in [-0.39, 0.29) is 5.91 Å². The number of hydrogen-bond donors (Lipinski definition) is 4. The van der Waals surface area contributed by atoms with E-state index in [1.54, 1.807) is 0 Å². The number of carbonyl (C=O) groups is 1. The molecule has 8 heteroatoms. The van der Waals surface area contributed by atoms with Crippen molar-refractivity contribution < 1.29 is 9.90 Å². The zero-order chi connectivity index (χ0) is 22.9. The number of fused-ring (bicyclic) bond motifs is 1. The van der Waals surface area contributed by atoms with E-state index < -0.39 is 6.23 Å². The predicted octanol–water partition coefficient (Wildman–Crippen LogP) is 2.43. The number of rotatable bonds is 5. The molecule has 8 nitrogen and oxygen atoms in total. The summed E-state index contributed by atoms with van der Waals surface area (Å²) in [7, 11) is 0. The van der Waals surface area contributed by atoms with E-state index in [2.05, 4.69) is 31.6 Å². The van der Waals surface area contributed by atoms with Crippen LogP contribution in [0.25, 0.3) is 10.9 Å². The van der Waals surface area contributed by atoms with Gasteiger partial charge >= 0.3 is 0 Å². The van der Waals surface area contributed by atoms with Gasteiger partial charge in [-0.05, 0) is 50.5 Å². The van der Waals surface area contributed by atoms with Crippen molar-refractivity contribution in [2.45, 2.75) is 51.8 Å². The molecule has 176 valence electrons. The monoisotopic (exact) mass is 450 g/mol. The molecule has 2 fully saturated rings. The van der Waals surface area contributed by atoms with Crippen molar-refractivity contribution in [3.8, 4) is 0 Å². The van der Waals surface area contributed by atoms with Crippen molar-refractivity contribution >= 4 is 22.5 Å². The minimum absolute atomic E-state index is 0.137. The summed E-state index contributed by atoms with van der Waals surface area (Å²) in [6, 6.07) is 4.62. The summed E-state index contributed by atoms with van der Waals surface area (Å²) in [5.74, 6) is -0.137. The summed E-state index contributed by atoms with van der Waals surface area (Å²) < 4.78 is 2.14. The molecule has 0 bridgehead atoms. The predicted molar refractivity (Wildman–Crippen MR) is 130 cm³/mol. The number of dihydropyridines is 1. The molecule has 1 saturated heterocycles. The first-order valence-electron chi connectivity index (χ1n) is 12.1. The lowest BCUT2D eigenvalue weighted by molar-refractivity contribution is 0.0954. The van der Waals surface area contributed by atoms with Crippen molar-refractivity contribution in [1.29, 1.82) is 0 Å². The van der Waals surface area contributed by atoms with Crippen LogP contribution in [0, 0.1) is 0 Å². The van der Waals surface area contributed by atoms with Gasteiger partial charge in [-0.15, -0.1) is 0 Å². The van der Waals surface area contributed by atoms with Crippen LogP contribution in [0.4, 0.5) is 5.69 Å². The normalized spacial score (nSPS) is 22.0. The third-order valence-corrected chi connectivity index (χ3v) is 7.17. The molecule has 1 saturated carbocycles. The van der Waals surface area contributed by atoms with E-state index in [0.717, 1.165) is 72.5 Å². The van der Waals surface area contributed by atoms with E-state index in [1.807, 2.05) is 32.2 Å². The molecule has 1 aliphatic carbocycles. The van der Waals surface area contributed by atoms with Gasteiger partial charge in [-0.2, -0.15) is 5.10 Å². The van der Waals surface area contributed by atoms with Crippen LogP contribution in [0.2, 0.25) is 0 Å². The van der Waals surface area contributed by atoms with Crippen molar-refractivity contribution in [2.24, 2.45) is 0 Å². The number of nitrogens with one attached hydrogen (secondary N) is 3. The van der Waals surface area contributed by atoms with Crippen molar-refractivity contribution in [1.82, 2.24) is 25.7 Å². The maximum Gasteiger partial charge on any atom is 0.252 e. The Hall–Kier alpha value is -2.84. The smallest absolute Gasteiger partial charge is 0.252 e. The van der Waals surface area contributed by atoms with Crippen LogP contribution in [0.1, 0.15) is 55.9 Å². The molecule has 1 unspecified atom stereocenters. The van der Waals surface area contributed by atoms with Gasteiger partial charge in [0, 0.05) is 55.1 Å². The van der Waals surface area contributed by atoms with E-state index in [4.69, 9.17) is 5.10 Å². The number of carbonyl (C=O) groups excluding carboxylic acids is 1. The number of aromatic nitrogens is 2. The Morgan fingerprint density at radius 1 is 1.21 bits per heavy atom. The Kier molecular flexibility index (Phi) is 6.12. The molecule has 5 rings (SSSR count). The fourth-order valence-corrected chi connectivity index (χ4v) is 5.35. The van der Waals surface area contributed by atoms with Gasteiger partial charge in [0.05, 0.1) is 23.3 Å². The molecule has 2 aromatic rings. The Balaban J connectivity index is 1.48. The summed E-state index contributed by atoms with van der Waals surface area (Å²) in [6.07, 6.45) is 7.79. The minimum Gasteiger partial charge on any atom is -0.370 e. The van der Waals surface area contributed by atoms with Crippen molar-refractivity contribution in [3.63, 3.8) is 0 Å². The number of hydrogen-bond acceptors (Lipinski definition) is 6. The Bertz CT molecular complexity index is 1110. The van der Waals surface area contributed by atoms with Crippen LogP contribution in [0.15, 0.2) is 41.2 Å². The molecular weight excluding hydrogens is 416 g/mol. The molecule has 0 spiro atoms. The van der Waals surface area contributed by atoms with E-state index in [0.29, 0.717) is 18.2 Å². The summed E-state index contributed by atoms with van der Waals surface area (Å²) in [5, 5.41) is 25.5. The number of nitrogens with zero attached hydrogens (tertiary/aromatic N) is 3. The maximum atomic E-state index is 13.4. The molecule has 33 heavy (non-hydrogen) atoms. The summed E-state index contributed by atoms with van der Waals surface area (Å²) in [5.41, 5.74) is 5.44. The number of allylic oxidation sites excluding steroid dienone is 3. The average Bonchev–Trinajstić information content (AvgIpc) is 3.48. The number of benzene rings is 1. The van der Waals surface area contributed by atoms with Gasteiger partial charge in [0.1, 0.15) is 6.23 Å². The number of aliphatic hydroxyl groups excluding tert-OH is 1. The summed E-state index contributed by atoms with van der Waals surface area (Å²) in [4.78, 5) is 15.8. The number of aliphatic hydroxyl groups is 1. The lowest BCUT2D eigenvalue weighted by Gasteiger charge is -2.30. The van der Waals surface area contributed by atoms with E-state index in [1.165, 1.54) is 12.8 Å². The van der Waals surface area contributed by atoms with E-state index in [9.17, 15) is 9.90 Å². The lowest BCUT2D eigenvalue weighted by atomic mass is 10.0. The molecule has 1 atom stereocenters. The highest BCUT2D eigenvalue weighted by Gasteiger charge is 2.24. The molecular formula is C25H34N6O2. The fraction of sp³-hybridized carbons (Fsp3) is 0.520. The third kappa shape index (κ3) is 4.37. The average molecular weight is 451 g/mol. The van der Waals surface area contributed by atoms with Gasteiger partial charge in [-0.1, -0.05) is 12.8 Å². The molecule has 1 aromatic carbocycles. The van der Waals surface area contributed by atoms with E-state index >= 15 is 0 Å². The zero-order valence-corrected chi connectivity index (χ0v) is 19.5. The second-order valence-corrected chi connectivity index (χ2v) is 9.46. The number of piperazine rings is 1. The van der Waals surface area contributed by atoms with Crippen LogP contribution >= 0.6 is 0 Å². The standard InChI is InChI=1S/C25H34N6O2/c1-16-11-17(2)29-25(33)21(16)14-27-24(32)20-12-19(30-9-7-26-8-10-30)13-23-22(20)15-28-31(23)18-5-3-4-6-18/h11-13,15,18,25-26,29,33H,3-10,14H2,1-2H3,(H,27,32). The van der Waals surface area contributed by atoms with Gasteiger partial charge in [-0.25, -0.2) is 0 Å². The molecule has 1 aromatic heterocycles. The first-order valence-corrected chi connectivity index (χ1v) is 12.1. The highest BCUT2D eigenvalue weighted by atomic mass is 16.3. The van der Waals surface area contributed by atoms with Crippen LogP contribution in [0.3, 0.4) is 0 Å². The van der Waals surface area contributed by atoms with Crippen molar-refractivity contribution in [2.75, 3.05) is 37.6 Å². The van der Waals surface area contributed by atoms with Crippen LogP contribution in [-0.2, 0) is 0 Å². The Labute approximate surface area is 194 Å². The largest absolute Gasteiger partial charge is 0.370 e. The molecule has 3 heterocycles. The topological polar surface area (TPSA) is 94.5 Å². The fourth-order valence-electron chi connectivity index (χ4n) is 5.35. The quantitative estimate of drug-likeness (QED) is 0.559. The van der Waals surface area contributed by atoms with Crippen molar-refractivity contribution in [3.05, 3.63) is 46.8 Å². The van der Waals surface area contributed by atoms with Gasteiger partial charge in [0.25, 0.3) is 5.91 Å². The Morgan fingerprint density at radius 3 is 2.70 bits per heavy atom. The number of anilines is 1. The second-order valence-electron chi connectivity index (χ2n) is 9.46.